The van der Waals surface area contributed by atoms with Crippen molar-refractivity contribution in [3.05, 3.63) is 123 Å². The highest BCUT2D eigenvalue weighted by Crippen LogP contribution is 2.31. The van der Waals surface area contributed by atoms with Crippen LogP contribution in [0.5, 0.6) is 0 Å². The molecule has 0 saturated heterocycles. The smallest absolute Gasteiger partial charge is 0.348 e. The monoisotopic (exact) mass is 488 g/mol. The van der Waals surface area contributed by atoms with Crippen LogP contribution in [0.25, 0.3) is 16.8 Å². The summed E-state index contributed by atoms with van der Waals surface area (Å²) < 4.78 is 41.5. The van der Waals surface area contributed by atoms with E-state index in [0.717, 1.165) is 28.8 Å². The maximum Gasteiger partial charge on any atom is 0.416 e. The van der Waals surface area contributed by atoms with E-state index in [4.69, 9.17) is 0 Å². The van der Waals surface area contributed by atoms with Gasteiger partial charge in [0.25, 0.3) is 11.5 Å². The number of nitrogens with one attached hydrogen (secondary N) is 1. The number of aromatic nitrogens is 1. The van der Waals surface area contributed by atoms with Crippen LogP contribution in [-0.2, 0) is 19.0 Å². The third kappa shape index (κ3) is 4.44. The number of halogens is 3. The minimum Gasteiger partial charge on any atom is -0.348 e. The molecule has 1 heterocycles. The van der Waals surface area contributed by atoms with Gasteiger partial charge in [-0.2, -0.15) is 13.2 Å². The lowest BCUT2D eigenvalue weighted by atomic mass is 10.0. The molecular formula is C29H23F3N2O2. The van der Waals surface area contributed by atoms with Crippen LogP contribution in [0.1, 0.15) is 32.7 Å². The minimum absolute atomic E-state index is 0.0485. The number of fused-ring (bicyclic) bond motifs is 1. The highest BCUT2D eigenvalue weighted by atomic mass is 19.4. The van der Waals surface area contributed by atoms with Crippen molar-refractivity contribution in [2.75, 3.05) is 0 Å². The lowest BCUT2D eigenvalue weighted by molar-refractivity contribution is -0.137. The van der Waals surface area contributed by atoms with E-state index in [9.17, 15) is 22.8 Å². The number of benzene rings is 3. The zero-order valence-corrected chi connectivity index (χ0v) is 19.5. The van der Waals surface area contributed by atoms with Crippen molar-refractivity contribution in [1.82, 2.24) is 9.88 Å². The van der Waals surface area contributed by atoms with Gasteiger partial charge < -0.3 is 5.32 Å². The number of amides is 1. The molecule has 0 bridgehead atoms. The second-order valence-electron chi connectivity index (χ2n) is 8.96. The number of hydrogen-bond acceptors (Lipinski definition) is 2. The van der Waals surface area contributed by atoms with Crippen LogP contribution in [0.2, 0.25) is 0 Å². The van der Waals surface area contributed by atoms with Crippen LogP contribution in [0, 0.1) is 6.92 Å². The normalized spacial score (nSPS) is 13.4. The molecule has 4 aromatic rings. The van der Waals surface area contributed by atoms with E-state index in [1.807, 2.05) is 54.6 Å². The highest BCUT2D eigenvalue weighted by Gasteiger charge is 2.31. The fourth-order valence-corrected chi connectivity index (χ4v) is 4.83. The van der Waals surface area contributed by atoms with Crippen molar-refractivity contribution >= 4 is 5.91 Å². The van der Waals surface area contributed by atoms with E-state index >= 15 is 0 Å². The third-order valence-corrected chi connectivity index (χ3v) is 6.59. The van der Waals surface area contributed by atoms with E-state index in [-0.39, 0.29) is 17.3 Å². The van der Waals surface area contributed by atoms with Crippen molar-refractivity contribution in [2.45, 2.75) is 32.0 Å². The number of rotatable bonds is 4. The summed E-state index contributed by atoms with van der Waals surface area (Å²) in [5.41, 5.74) is 2.47. The molecule has 1 N–H and O–H groups in total. The summed E-state index contributed by atoms with van der Waals surface area (Å²) in [6, 6.07) is 23.0. The predicted molar refractivity (Wildman–Crippen MR) is 132 cm³/mol. The summed E-state index contributed by atoms with van der Waals surface area (Å²) in [6.07, 6.45) is -3.26. The van der Waals surface area contributed by atoms with Gasteiger partial charge in [-0.1, -0.05) is 60.7 Å². The van der Waals surface area contributed by atoms with E-state index < -0.39 is 23.2 Å². The van der Waals surface area contributed by atoms with Gasteiger partial charge in [-0.25, -0.2) is 0 Å². The van der Waals surface area contributed by atoms with Gasteiger partial charge in [-0.15, -0.1) is 0 Å². The fraction of sp³-hybridized carbons (Fsp3) is 0.172. The van der Waals surface area contributed by atoms with Crippen molar-refractivity contribution in [3.8, 4) is 16.8 Å². The van der Waals surface area contributed by atoms with Gasteiger partial charge in [-0.3, -0.25) is 14.2 Å². The Kier molecular flexibility index (Phi) is 6.00. The lowest BCUT2D eigenvalue weighted by Crippen LogP contribution is -2.39. The van der Waals surface area contributed by atoms with Crippen LogP contribution in [0.15, 0.2) is 89.7 Å². The van der Waals surface area contributed by atoms with Gasteiger partial charge in [0, 0.05) is 23.0 Å². The topological polar surface area (TPSA) is 51.1 Å². The fourth-order valence-electron chi connectivity index (χ4n) is 4.83. The molecule has 1 aromatic heterocycles. The zero-order chi connectivity index (χ0) is 25.4. The third-order valence-electron chi connectivity index (χ3n) is 6.59. The Morgan fingerprint density at radius 3 is 2.17 bits per heavy atom. The highest BCUT2D eigenvalue weighted by molar-refractivity contribution is 5.95. The first kappa shape index (κ1) is 23.6. The quantitative estimate of drug-likeness (QED) is 0.399. The second kappa shape index (κ2) is 9.15. The average Bonchev–Trinajstić information content (AvgIpc) is 3.26. The Morgan fingerprint density at radius 1 is 0.889 bits per heavy atom. The molecule has 0 atom stereocenters. The maximum atomic E-state index is 13.6. The molecule has 0 saturated carbocycles. The van der Waals surface area contributed by atoms with Gasteiger partial charge in [0.15, 0.2) is 0 Å². The lowest BCUT2D eigenvalue weighted by Gasteiger charge is -2.19. The molecule has 0 spiro atoms. The van der Waals surface area contributed by atoms with Gasteiger partial charge in [-0.05, 0) is 60.7 Å². The van der Waals surface area contributed by atoms with Gasteiger partial charge in [0.05, 0.1) is 5.56 Å². The molecule has 0 fully saturated rings. The maximum absolute atomic E-state index is 13.6. The first-order chi connectivity index (χ1) is 17.2. The number of alkyl halides is 3. The summed E-state index contributed by atoms with van der Waals surface area (Å²) in [6.45, 7) is 1.67. The van der Waals surface area contributed by atoms with Crippen molar-refractivity contribution in [3.63, 3.8) is 0 Å². The van der Waals surface area contributed by atoms with E-state index in [0.29, 0.717) is 24.1 Å². The van der Waals surface area contributed by atoms with Crippen LogP contribution in [-0.4, -0.2) is 16.5 Å². The van der Waals surface area contributed by atoms with E-state index in [1.54, 1.807) is 6.92 Å². The molecular weight excluding hydrogens is 465 g/mol. The number of hydrogen-bond donors (Lipinski definition) is 1. The second-order valence-corrected chi connectivity index (χ2v) is 8.96. The Hall–Kier alpha value is -4.13. The van der Waals surface area contributed by atoms with Gasteiger partial charge in [0.2, 0.25) is 0 Å². The summed E-state index contributed by atoms with van der Waals surface area (Å²) >= 11 is 0. The van der Waals surface area contributed by atoms with Crippen LogP contribution in [0.3, 0.4) is 0 Å². The predicted octanol–water partition coefficient (Wildman–Crippen LogP) is 5.73. The zero-order valence-electron chi connectivity index (χ0n) is 19.5. The Balaban J connectivity index is 1.61. The minimum atomic E-state index is -4.57. The molecule has 0 aliphatic heterocycles. The molecule has 1 amide bonds. The number of carbonyl (C=O) groups excluding carboxylic acids is 1. The summed E-state index contributed by atoms with van der Waals surface area (Å²) in [7, 11) is 0. The molecule has 4 nitrogen and oxygen atoms in total. The van der Waals surface area contributed by atoms with Crippen molar-refractivity contribution < 1.29 is 18.0 Å². The first-order valence-electron chi connectivity index (χ1n) is 11.6. The molecule has 36 heavy (non-hydrogen) atoms. The Bertz CT molecular complexity index is 1480. The summed E-state index contributed by atoms with van der Waals surface area (Å²) in [5.74, 6) is -0.546. The molecule has 0 radical (unpaired) electrons. The summed E-state index contributed by atoms with van der Waals surface area (Å²) in [5, 5.41) is 2.96. The number of pyridine rings is 1. The number of nitrogens with zero attached hydrogens (tertiary/aromatic N) is 1. The van der Waals surface area contributed by atoms with E-state index in [1.165, 1.54) is 22.8 Å². The molecule has 1 aliphatic rings. The summed E-state index contributed by atoms with van der Waals surface area (Å²) in [4.78, 5) is 27.0. The van der Waals surface area contributed by atoms with Crippen molar-refractivity contribution in [1.29, 1.82) is 0 Å². The SMILES string of the molecule is Cc1c(-c2ccccc2)cc(C(=O)NC2Cc3ccccc3C2)c(=O)n1-c1cccc(C(F)(F)F)c1. The van der Waals surface area contributed by atoms with E-state index in [2.05, 4.69) is 5.32 Å². The molecule has 1 aliphatic carbocycles. The molecule has 7 heteroatoms. The Morgan fingerprint density at radius 2 is 1.53 bits per heavy atom. The van der Waals surface area contributed by atoms with Crippen LogP contribution >= 0.6 is 0 Å². The Labute approximate surface area is 206 Å². The van der Waals surface area contributed by atoms with Crippen LogP contribution < -0.4 is 10.9 Å². The largest absolute Gasteiger partial charge is 0.416 e. The first-order valence-corrected chi connectivity index (χ1v) is 11.6. The molecule has 5 rings (SSSR count). The van der Waals surface area contributed by atoms with Crippen molar-refractivity contribution in [2.24, 2.45) is 0 Å². The average molecular weight is 489 g/mol. The van der Waals surface area contributed by atoms with Crippen LogP contribution in [0.4, 0.5) is 13.2 Å². The van der Waals surface area contributed by atoms with Gasteiger partial charge >= 0.3 is 6.18 Å². The molecule has 0 unspecified atom stereocenters. The molecule has 3 aromatic carbocycles. The molecule has 182 valence electrons. The van der Waals surface area contributed by atoms with Gasteiger partial charge in [0.1, 0.15) is 5.56 Å². The number of carbonyl (C=O) groups is 1. The standard InChI is InChI=1S/C29H23F3N2O2/c1-18-25(19-8-3-2-4-9-19)17-26(27(35)33-23-14-20-10-5-6-11-21(20)15-23)28(36)34(18)24-13-7-12-22(16-24)29(30,31)32/h2-13,16-17,23H,14-15H2,1H3,(H,33,35).